The summed E-state index contributed by atoms with van der Waals surface area (Å²) in [6.07, 6.45) is 2.09. The van der Waals surface area contributed by atoms with E-state index in [1.165, 1.54) is 0 Å². The Morgan fingerprint density at radius 1 is 1.36 bits per heavy atom. The molecule has 0 heterocycles. The lowest BCUT2D eigenvalue weighted by Crippen LogP contribution is -2.34. The van der Waals surface area contributed by atoms with E-state index in [-0.39, 0.29) is 17.9 Å². The second-order valence-electron chi connectivity index (χ2n) is 3.96. The summed E-state index contributed by atoms with van der Waals surface area (Å²) in [6, 6.07) is 7.17. The van der Waals surface area contributed by atoms with Crippen LogP contribution >= 0.6 is 0 Å². The summed E-state index contributed by atoms with van der Waals surface area (Å²) in [7, 11) is 0. The summed E-state index contributed by atoms with van der Waals surface area (Å²) < 4.78 is 0. The number of hydrogen-bond acceptors (Lipinski definition) is 3. The predicted octanol–water partition coefficient (Wildman–Crippen LogP) is 1.01. The van der Waals surface area contributed by atoms with E-state index in [0.717, 1.165) is 18.4 Å². The van der Waals surface area contributed by atoms with Gasteiger partial charge in [0.1, 0.15) is 5.75 Å². The number of rotatable bonds is 4. The van der Waals surface area contributed by atoms with Gasteiger partial charge in [-0.15, -0.1) is 0 Å². The Hall–Kier alpha value is -1.06. The number of aromatic hydroxyl groups is 1. The van der Waals surface area contributed by atoms with Gasteiger partial charge in [-0.3, -0.25) is 0 Å². The second-order valence-corrected chi connectivity index (χ2v) is 3.96. The van der Waals surface area contributed by atoms with Crippen molar-refractivity contribution in [3.8, 4) is 5.75 Å². The van der Waals surface area contributed by atoms with Crippen LogP contribution in [0.3, 0.4) is 0 Å². The van der Waals surface area contributed by atoms with Crippen LogP contribution in [0.1, 0.15) is 18.4 Å². The molecule has 0 radical (unpaired) electrons. The standard InChI is InChI=1S/C11H15NO2/c13-8-11(4-5-11)12-7-9-2-1-3-10(14)6-9/h1-3,6,12-14H,4-5,7-8H2. The topological polar surface area (TPSA) is 52.5 Å². The molecule has 1 aliphatic carbocycles. The zero-order chi connectivity index (χ0) is 10.0. The zero-order valence-corrected chi connectivity index (χ0v) is 8.03. The van der Waals surface area contributed by atoms with Crippen molar-refractivity contribution < 1.29 is 10.2 Å². The van der Waals surface area contributed by atoms with Crippen molar-refractivity contribution in [2.45, 2.75) is 24.9 Å². The second kappa shape index (κ2) is 3.59. The summed E-state index contributed by atoms with van der Waals surface area (Å²) in [5, 5.41) is 21.6. The molecule has 3 heteroatoms. The molecule has 3 nitrogen and oxygen atoms in total. The Morgan fingerprint density at radius 2 is 2.14 bits per heavy atom. The fourth-order valence-corrected chi connectivity index (χ4v) is 1.50. The Labute approximate surface area is 83.4 Å². The molecule has 1 aliphatic rings. The van der Waals surface area contributed by atoms with Crippen molar-refractivity contribution in [3.63, 3.8) is 0 Å². The Kier molecular flexibility index (Phi) is 2.44. The molecule has 0 saturated heterocycles. The molecule has 0 bridgehead atoms. The van der Waals surface area contributed by atoms with Crippen LogP contribution in [-0.2, 0) is 6.54 Å². The third-order valence-electron chi connectivity index (χ3n) is 2.73. The highest BCUT2D eigenvalue weighted by Gasteiger charge is 2.41. The number of hydrogen-bond donors (Lipinski definition) is 3. The minimum atomic E-state index is -0.0362. The summed E-state index contributed by atoms with van der Waals surface area (Å²) >= 11 is 0. The molecule has 0 unspecified atom stereocenters. The molecule has 1 fully saturated rings. The van der Waals surface area contributed by atoms with Gasteiger partial charge < -0.3 is 15.5 Å². The molecule has 0 aliphatic heterocycles. The van der Waals surface area contributed by atoms with Crippen molar-refractivity contribution in [2.75, 3.05) is 6.61 Å². The van der Waals surface area contributed by atoms with Crippen molar-refractivity contribution in [1.82, 2.24) is 5.32 Å². The molecule has 2 rings (SSSR count). The number of aliphatic hydroxyl groups excluding tert-OH is 1. The first kappa shape index (κ1) is 9.49. The molecule has 3 N–H and O–H groups in total. The van der Waals surface area contributed by atoms with Gasteiger partial charge in [0.05, 0.1) is 6.61 Å². The van der Waals surface area contributed by atoms with Crippen LogP contribution in [-0.4, -0.2) is 22.4 Å². The smallest absolute Gasteiger partial charge is 0.115 e. The predicted molar refractivity (Wildman–Crippen MR) is 54.0 cm³/mol. The lowest BCUT2D eigenvalue weighted by Gasteiger charge is -2.13. The molecule has 76 valence electrons. The van der Waals surface area contributed by atoms with E-state index in [4.69, 9.17) is 5.11 Å². The molecular weight excluding hydrogens is 178 g/mol. The number of benzene rings is 1. The Balaban J connectivity index is 1.92. The van der Waals surface area contributed by atoms with E-state index in [2.05, 4.69) is 5.32 Å². The molecule has 1 saturated carbocycles. The number of aliphatic hydroxyl groups is 1. The van der Waals surface area contributed by atoms with Crippen LogP contribution in [0.4, 0.5) is 0 Å². The minimum Gasteiger partial charge on any atom is -0.508 e. The average Bonchev–Trinajstić information content (AvgIpc) is 2.96. The molecule has 0 aromatic heterocycles. The van der Waals surface area contributed by atoms with Crippen LogP contribution in [0.5, 0.6) is 5.75 Å². The first-order chi connectivity index (χ1) is 6.74. The number of nitrogens with one attached hydrogen (secondary N) is 1. The van der Waals surface area contributed by atoms with Crippen LogP contribution in [0, 0.1) is 0 Å². The van der Waals surface area contributed by atoms with Gasteiger partial charge in [0.25, 0.3) is 0 Å². The van der Waals surface area contributed by atoms with E-state index in [9.17, 15) is 5.11 Å². The lowest BCUT2D eigenvalue weighted by molar-refractivity contribution is 0.229. The monoisotopic (exact) mass is 193 g/mol. The summed E-state index contributed by atoms with van der Waals surface area (Å²) in [5.41, 5.74) is 1.01. The van der Waals surface area contributed by atoms with Crippen LogP contribution in [0.25, 0.3) is 0 Å². The molecule has 1 aromatic carbocycles. The normalized spacial score (nSPS) is 18.1. The SMILES string of the molecule is OCC1(NCc2cccc(O)c2)CC1. The largest absolute Gasteiger partial charge is 0.508 e. The van der Waals surface area contributed by atoms with Crippen molar-refractivity contribution in [1.29, 1.82) is 0 Å². The van der Waals surface area contributed by atoms with Gasteiger partial charge in [-0.25, -0.2) is 0 Å². The van der Waals surface area contributed by atoms with E-state index >= 15 is 0 Å². The van der Waals surface area contributed by atoms with E-state index in [1.54, 1.807) is 12.1 Å². The third kappa shape index (κ3) is 2.05. The van der Waals surface area contributed by atoms with E-state index in [0.29, 0.717) is 6.54 Å². The summed E-state index contributed by atoms with van der Waals surface area (Å²) in [4.78, 5) is 0. The van der Waals surface area contributed by atoms with E-state index < -0.39 is 0 Å². The first-order valence-electron chi connectivity index (χ1n) is 4.88. The maximum Gasteiger partial charge on any atom is 0.115 e. The van der Waals surface area contributed by atoms with Crippen molar-refractivity contribution in [2.24, 2.45) is 0 Å². The molecule has 0 atom stereocenters. The minimum absolute atomic E-state index is 0.0362. The van der Waals surface area contributed by atoms with Crippen LogP contribution in [0.2, 0.25) is 0 Å². The quantitative estimate of drug-likeness (QED) is 0.669. The van der Waals surface area contributed by atoms with Gasteiger partial charge in [-0.05, 0) is 30.5 Å². The first-order valence-corrected chi connectivity index (χ1v) is 4.88. The molecule has 0 amide bonds. The van der Waals surface area contributed by atoms with Gasteiger partial charge in [0.2, 0.25) is 0 Å². The fourth-order valence-electron chi connectivity index (χ4n) is 1.50. The van der Waals surface area contributed by atoms with Gasteiger partial charge in [-0.1, -0.05) is 12.1 Å². The van der Waals surface area contributed by atoms with Gasteiger partial charge in [0.15, 0.2) is 0 Å². The molecule has 1 aromatic rings. The van der Waals surface area contributed by atoms with Gasteiger partial charge in [-0.2, -0.15) is 0 Å². The fraction of sp³-hybridized carbons (Fsp3) is 0.455. The molecule has 0 spiro atoms. The third-order valence-corrected chi connectivity index (χ3v) is 2.73. The number of phenols is 1. The average molecular weight is 193 g/mol. The highest BCUT2D eigenvalue weighted by molar-refractivity contribution is 5.27. The van der Waals surface area contributed by atoms with Crippen LogP contribution in [0.15, 0.2) is 24.3 Å². The highest BCUT2D eigenvalue weighted by Crippen LogP contribution is 2.34. The maximum absolute atomic E-state index is 9.24. The van der Waals surface area contributed by atoms with Crippen molar-refractivity contribution >= 4 is 0 Å². The Bertz CT molecular complexity index is 321. The molecular formula is C11H15NO2. The van der Waals surface area contributed by atoms with Gasteiger partial charge in [0, 0.05) is 12.1 Å². The van der Waals surface area contributed by atoms with E-state index in [1.807, 2.05) is 12.1 Å². The van der Waals surface area contributed by atoms with Gasteiger partial charge >= 0.3 is 0 Å². The Morgan fingerprint density at radius 3 is 2.71 bits per heavy atom. The zero-order valence-electron chi connectivity index (χ0n) is 8.03. The van der Waals surface area contributed by atoms with Crippen LogP contribution < -0.4 is 5.32 Å². The molecule has 14 heavy (non-hydrogen) atoms. The highest BCUT2D eigenvalue weighted by atomic mass is 16.3. The summed E-state index contributed by atoms with van der Waals surface area (Å²) in [5.74, 6) is 0.290. The number of phenolic OH excluding ortho intramolecular Hbond substituents is 1. The lowest BCUT2D eigenvalue weighted by atomic mass is 10.2. The van der Waals surface area contributed by atoms with Crippen molar-refractivity contribution in [3.05, 3.63) is 29.8 Å². The summed E-state index contributed by atoms with van der Waals surface area (Å²) in [6.45, 7) is 0.904. The maximum atomic E-state index is 9.24.